The summed E-state index contributed by atoms with van der Waals surface area (Å²) in [6.45, 7) is 2.15. The fraction of sp³-hybridized carbons (Fsp3) is 0.654. The maximum atomic E-state index is 11.3. The lowest BCUT2D eigenvalue weighted by molar-refractivity contribution is -0.271. The molecule has 0 aromatic heterocycles. The van der Waals surface area contributed by atoms with Gasteiger partial charge in [0.25, 0.3) is 0 Å². The molecule has 1 saturated heterocycles. The van der Waals surface area contributed by atoms with Gasteiger partial charge in [0.15, 0.2) is 6.10 Å². The second-order valence-corrected chi connectivity index (χ2v) is 10.6. The fourth-order valence-electron chi connectivity index (χ4n) is 7.17. The van der Waals surface area contributed by atoms with E-state index in [4.69, 9.17) is 15.9 Å². The summed E-state index contributed by atoms with van der Waals surface area (Å²) in [5, 5.41) is 50.5. The van der Waals surface area contributed by atoms with Crippen LogP contribution in [0.1, 0.15) is 56.1 Å². The van der Waals surface area contributed by atoms with Crippen molar-refractivity contribution in [1.29, 1.82) is 0 Å². The maximum absolute atomic E-state index is 11.3. The molecule has 3 aliphatic carbocycles. The van der Waals surface area contributed by atoms with Crippen LogP contribution in [0.25, 0.3) is 0 Å². The van der Waals surface area contributed by atoms with Crippen molar-refractivity contribution in [2.24, 2.45) is 17.3 Å². The Balaban J connectivity index is 1.35. The Morgan fingerprint density at radius 3 is 2.62 bits per heavy atom. The third-order valence-corrected chi connectivity index (χ3v) is 9.15. The molecule has 0 spiro atoms. The van der Waals surface area contributed by atoms with Crippen LogP contribution in [-0.4, -0.2) is 67.8 Å². The molecule has 184 valence electrons. The number of aliphatic carboxylic acids is 1. The molecule has 4 aliphatic rings. The van der Waals surface area contributed by atoms with E-state index in [9.17, 15) is 30.3 Å². The number of ether oxygens (including phenoxy) is 2. The minimum absolute atomic E-state index is 0.260. The third-order valence-electron chi connectivity index (χ3n) is 9.15. The average molecular weight is 473 g/mol. The van der Waals surface area contributed by atoms with Crippen LogP contribution in [0.3, 0.4) is 0 Å². The summed E-state index contributed by atoms with van der Waals surface area (Å²) < 4.78 is 11.0. The van der Waals surface area contributed by atoms with Crippen LogP contribution in [0, 0.1) is 29.6 Å². The number of aliphatic hydroxyl groups excluding tert-OH is 3. The Hall–Kier alpha value is -2.15. The Labute approximate surface area is 198 Å². The summed E-state index contributed by atoms with van der Waals surface area (Å²) in [7, 11) is 0. The van der Waals surface area contributed by atoms with E-state index >= 15 is 0 Å². The Kier molecular flexibility index (Phi) is 5.70. The largest absolute Gasteiger partial charge is 0.479 e. The zero-order chi connectivity index (χ0) is 24.4. The molecule has 5 N–H and O–H groups in total. The van der Waals surface area contributed by atoms with Crippen molar-refractivity contribution < 1.29 is 39.8 Å². The molecule has 1 aliphatic heterocycles. The highest BCUT2D eigenvalue weighted by molar-refractivity contribution is 5.73. The van der Waals surface area contributed by atoms with E-state index < -0.39 is 42.3 Å². The summed E-state index contributed by atoms with van der Waals surface area (Å²) in [5.74, 6) is 2.86. The minimum atomic E-state index is -1.76. The number of terminal acetylenes is 1. The number of aryl methyl sites for hydroxylation is 1. The van der Waals surface area contributed by atoms with E-state index in [-0.39, 0.29) is 5.41 Å². The maximum Gasteiger partial charge on any atom is 0.335 e. The van der Waals surface area contributed by atoms with Crippen molar-refractivity contribution in [3.63, 3.8) is 0 Å². The first-order valence-electron chi connectivity index (χ1n) is 12.0. The van der Waals surface area contributed by atoms with Gasteiger partial charge in [0.2, 0.25) is 6.29 Å². The molecule has 0 radical (unpaired) electrons. The number of carboxylic acid groups (broad SMARTS) is 1. The molecular weight excluding hydrogens is 440 g/mol. The summed E-state index contributed by atoms with van der Waals surface area (Å²) in [5.41, 5.74) is 1.09. The molecule has 2 saturated carbocycles. The van der Waals surface area contributed by atoms with Gasteiger partial charge >= 0.3 is 5.97 Å². The van der Waals surface area contributed by atoms with Gasteiger partial charge in [0.05, 0.1) is 0 Å². The van der Waals surface area contributed by atoms with Crippen molar-refractivity contribution in [2.45, 2.75) is 87.7 Å². The van der Waals surface area contributed by atoms with Crippen molar-refractivity contribution in [1.82, 2.24) is 0 Å². The average Bonchev–Trinajstić information content (AvgIpc) is 3.10. The molecule has 1 aromatic carbocycles. The van der Waals surface area contributed by atoms with Crippen LogP contribution in [0.15, 0.2) is 18.2 Å². The number of benzene rings is 1. The van der Waals surface area contributed by atoms with Gasteiger partial charge in [-0.3, -0.25) is 0 Å². The Bertz CT molecular complexity index is 1020. The van der Waals surface area contributed by atoms with Crippen LogP contribution < -0.4 is 4.74 Å². The predicted molar refractivity (Wildman–Crippen MR) is 120 cm³/mol. The zero-order valence-electron chi connectivity index (χ0n) is 19.1. The number of rotatable bonds is 3. The smallest absolute Gasteiger partial charge is 0.335 e. The molecule has 10 atom stereocenters. The normalized spacial score (nSPS) is 45.4. The summed E-state index contributed by atoms with van der Waals surface area (Å²) in [6.07, 6.45) is 2.78. The predicted octanol–water partition coefficient (Wildman–Crippen LogP) is 1.18. The van der Waals surface area contributed by atoms with Crippen LogP contribution in [0.2, 0.25) is 0 Å². The van der Waals surface area contributed by atoms with Crippen molar-refractivity contribution in [3.8, 4) is 18.1 Å². The minimum Gasteiger partial charge on any atom is -0.479 e. The van der Waals surface area contributed by atoms with Crippen molar-refractivity contribution in [3.05, 3.63) is 29.3 Å². The van der Waals surface area contributed by atoms with Crippen LogP contribution in [-0.2, 0) is 16.0 Å². The van der Waals surface area contributed by atoms with E-state index in [0.29, 0.717) is 29.9 Å². The lowest BCUT2D eigenvalue weighted by Gasteiger charge is -2.52. The van der Waals surface area contributed by atoms with E-state index in [1.807, 2.05) is 12.1 Å². The van der Waals surface area contributed by atoms with Gasteiger partial charge in [-0.1, -0.05) is 18.9 Å². The molecule has 5 rings (SSSR count). The second-order valence-electron chi connectivity index (χ2n) is 10.6. The first-order chi connectivity index (χ1) is 16.1. The molecule has 8 nitrogen and oxygen atoms in total. The highest BCUT2D eigenvalue weighted by Crippen LogP contribution is 2.64. The molecule has 0 unspecified atom stereocenters. The summed E-state index contributed by atoms with van der Waals surface area (Å²) >= 11 is 0. The van der Waals surface area contributed by atoms with Crippen molar-refractivity contribution >= 4 is 5.97 Å². The SMILES string of the molecule is C#C[C@]1(O)CC[C@@H]2[C@H]3CCc4cc(O[C@H]5O[C@H](C(=O)O)[C@@H](O)[C@H](O)[C@H]5O)ccc4[C@H]3CC[C@@]21C. The fourth-order valence-corrected chi connectivity index (χ4v) is 7.17. The number of carbonyl (C=O) groups is 1. The molecule has 0 amide bonds. The molecular formula is C26H32O8. The van der Waals surface area contributed by atoms with E-state index in [1.165, 1.54) is 5.56 Å². The quantitative estimate of drug-likeness (QED) is 0.414. The first kappa shape index (κ1) is 23.6. The van der Waals surface area contributed by atoms with Crippen LogP contribution in [0.4, 0.5) is 0 Å². The van der Waals surface area contributed by atoms with Gasteiger partial charge in [0, 0.05) is 5.41 Å². The number of carboxylic acids is 1. The van der Waals surface area contributed by atoms with Gasteiger partial charge in [-0.2, -0.15) is 0 Å². The number of fused-ring (bicyclic) bond motifs is 5. The first-order valence-corrected chi connectivity index (χ1v) is 12.0. The van der Waals surface area contributed by atoms with Gasteiger partial charge in [-0.05, 0) is 79.5 Å². The Morgan fingerprint density at radius 1 is 1.15 bits per heavy atom. The Morgan fingerprint density at radius 2 is 1.91 bits per heavy atom. The molecule has 0 bridgehead atoms. The van der Waals surface area contributed by atoms with E-state index in [2.05, 4.69) is 12.8 Å². The highest BCUT2D eigenvalue weighted by atomic mass is 16.7. The van der Waals surface area contributed by atoms with Crippen molar-refractivity contribution in [2.75, 3.05) is 0 Å². The van der Waals surface area contributed by atoms with E-state index in [0.717, 1.165) is 37.7 Å². The number of hydrogen-bond acceptors (Lipinski definition) is 7. The van der Waals surface area contributed by atoms with Gasteiger partial charge in [0.1, 0.15) is 29.7 Å². The molecule has 3 fully saturated rings. The molecule has 34 heavy (non-hydrogen) atoms. The molecule has 1 aromatic rings. The summed E-state index contributed by atoms with van der Waals surface area (Å²) in [6, 6.07) is 5.67. The lowest BCUT2D eigenvalue weighted by Crippen LogP contribution is -2.61. The van der Waals surface area contributed by atoms with Gasteiger partial charge in [-0.15, -0.1) is 6.42 Å². The summed E-state index contributed by atoms with van der Waals surface area (Å²) in [4.78, 5) is 11.3. The zero-order valence-corrected chi connectivity index (χ0v) is 19.1. The van der Waals surface area contributed by atoms with Gasteiger partial charge < -0.3 is 35.0 Å². The topological polar surface area (TPSA) is 137 Å². The monoisotopic (exact) mass is 472 g/mol. The second kappa shape index (κ2) is 8.21. The lowest BCUT2D eigenvalue weighted by atomic mass is 9.53. The number of aliphatic hydroxyl groups is 4. The van der Waals surface area contributed by atoms with E-state index in [1.54, 1.807) is 6.07 Å². The van der Waals surface area contributed by atoms with Gasteiger partial charge in [-0.25, -0.2) is 4.79 Å². The molecule has 1 heterocycles. The van der Waals surface area contributed by atoms with Crippen LogP contribution in [0.5, 0.6) is 5.75 Å². The molecule has 8 heteroatoms. The van der Waals surface area contributed by atoms with Crippen LogP contribution >= 0.6 is 0 Å². The standard InChI is InChI=1S/C26H32O8/c1-3-26(32)11-9-18-17-6-4-13-12-14(5-7-15(13)16(17)8-10-25(18,26)2)33-24-21(29)19(27)20(28)22(34-24)23(30)31/h1,5,7,12,16-22,24,27-29,32H,4,6,8-11H2,2H3,(H,30,31)/t16-,17+,18-,19+,20+,21-,22+,24+,25+,26+/m1/s1. The third kappa shape index (κ3) is 3.37. The highest BCUT2D eigenvalue weighted by Gasteiger charge is 2.61. The number of hydrogen-bond donors (Lipinski definition) is 5.